The van der Waals surface area contributed by atoms with Crippen LogP contribution in [0.5, 0.6) is 0 Å². The van der Waals surface area contributed by atoms with E-state index in [-0.39, 0.29) is 5.97 Å². The van der Waals surface area contributed by atoms with E-state index in [0.717, 1.165) is 0 Å². The Morgan fingerprint density at radius 1 is 1.83 bits per heavy atom. The molecule has 0 bridgehead atoms. The van der Waals surface area contributed by atoms with Gasteiger partial charge in [-0.25, -0.2) is 0 Å². The van der Waals surface area contributed by atoms with Crippen molar-refractivity contribution in [3.05, 3.63) is 12.5 Å². The van der Waals surface area contributed by atoms with Crippen LogP contribution in [-0.2, 0) is 4.74 Å². The van der Waals surface area contributed by atoms with E-state index in [2.05, 4.69) is 14.6 Å². The van der Waals surface area contributed by atoms with Crippen molar-refractivity contribution in [2.45, 2.75) is 5.97 Å². The molecule has 0 saturated heterocycles. The first-order valence-corrected chi connectivity index (χ1v) is 2.38. The maximum atomic E-state index is 4.82. The van der Waals surface area contributed by atoms with E-state index in [9.17, 15) is 0 Å². The predicted octanol–water partition coefficient (Wildman–Crippen LogP) is 0.236. The Morgan fingerprint density at radius 2 is 2.67 bits per heavy atom. The van der Waals surface area contributed by atoms with Crippen molar-refractivity contribution in [1.82, 2.24) is 5.32 Å². The maximum Gasteiger partial charge on any atom is 0.181 e. The van der Waals surface area contributed by atoms with Gasteiger partial charge in [-0.2, -0.15) is 0 Å². The molecule has 0 aromatic rings. The van der Waals surface area contributed by atoms with Crippen LogP contribution in [0.3, 0.4) is 0 Å². The van der Waals surface area contributed by atoms with Crippen molar-refractivity contribution < 1.29 is 4.74 Å². The molecule has 3 heteroatoms. The molecule has 1 N–H and O–H groups in total. The van der Waals surface area contributed by atoms with E-state index in [1.54, 1.807) is 12.5 Å². The molecule has 0 aliphatic carbocycles. The lowest BCUT2D eigenvalue weighted by molar-refractivity contribution is 0.233. The fraction of sp³-hybridized carbons (Fsp3) is 0.333. The van der Waals surface area contributed by atoms with Gasteiger partial charge in [0.15, 0.2) is 5.97 Å². The molecule has 34 valence electrons. The fourth-order valence-electron chi connectivity index (χ4n) is 0.297. The molecule has 0 fully saturated rings. The van der Waals surface area contributed by atoms with E-state index < -0.39 is 0 Å². The lowest BCUT2D eigenvalue weighted by atomic mass is 11.0. The molecule has 1 rings (SSSR count). The van der Waals surface area contributed by atoms with Crippen LogP contribution in [0, 0.1) is 0 Å². The molecule has 0 saturated carbocycles. The minimum atomic E-state index is 0.102. The van der Waals surface area contributed by atoms with Gasteiger partial charge < -0.3 is 10.1 Å². The SMILES string of the molecule is PC1NC=CO1. The highest BCUT2D eigenvalue weighted by molar-refractivity contribution is 7.17. The zero-order chi connectivity index (χ0) is 4.41. The van der Waals surface area contributed by atoms with Gasteiger partial charge in [0.25, 0.3) is 0 Å². The highest BCUT2D eigenvalue weighted by Gasteiger charge is 1.97. The Balaban J connectivity index is 2.32. The van der Waals surface area contributed by atoms with Crippen molar-refractivity contribution in [1.29, 1.82) is 0 Å². The molecule has 2 unspecified atom stereocenters. The summed E-state index contributed by atoms with van der Waals surface area (Å²) in [5.74, 6) is 0.102. The highest BCUT2D eigenvalue weighted by Crippen LogP contribution is 2.02. The first-order valence-electron chi connectivity index (χ1n) is 1.72. The lowest BCUT2D eigenvalue weighted by Crippen LogP contribution is -2.10. The van der Waals surface area contributed by atoms with Crippen LogP contribution in [0.15, 0.2) is 12.5 Å². The van der Waals surface area contributed by atoms with Crippen molar-refractivity contribution >= 4 is 9.24 Å². The van der Waals surface area contributed by atoms with Crippen molar-refractivity contribution in [3.63, 3.8) is 0 Å². The Bertz CT molecular complexity index is 65.2. The number of hydrogen-bond donors (Lipinski definition) is 1. The normalized spacial score (nSPS) is 29.2. The van der Waals surface area contributed by atoms with Gasteiger partial charge in [0.05, 0.1) is 0 Å². The van der Waals surface area contributed by atoms with Gasteiger partial charge in [0.2, 0.25) is 0 Å². The molecule has 1 aliphatic heterocycles. The molecule has 6 heavy (non-hydrogen) atoms. The van der Waals surface area contributed by atoms with Crippen molar-refractivity contribution in [3.8, 4) is 0 Å². The van der Waals surface area contributed by atoms with Gasteiger partial charge in [-0.3, -0.25) is 0 Å². The second-order valence-electron chi connectivity index (χ2n) is 1.03. The third-order valence-corrected chi connectivity index (χ3v) is 0.903. The number of hydrogen-bond acceptors (Lipinski definition) is 2. The average Bonchev–Trinajstić information content (AvgIpc) is 1.86. The van der Waals surface area contributed by atoms with Crippen LogP contribution >= 0.6 is 9.24 Å². The van der Waals surface area contributed by atoms with Gasteiger partial charge in [-0.05, 0) is 0 Å². The summed E-state index contributed by atoms with van der Waals surface area (Å²) in [6.07, 6.45) is 3.38. The van der Waals surface area contributed by atoms with Crippen molar-refractivity contribution in [2.24, 2.45) is 0 Å². The van der Waals surface area contributed by atoms with Crippen LogP contribution in [0.2, 0.25) is 0 Å². The summed E-state index contributed by atoms with van der Waals surface area (Å²) in [4.78, 5) is 0. The smallest absolute Gasteiger partial charge is 0.181 e. The summed E-state index contributed by atoms with van der Waals surface area (Å²) in [7, 11) is 2.48. The molecule has 1 aliphatic rings. The number of nitrogens with one attached hydrogen (secondary N) is 1. The van der Waals surface area contributed by atoms with Crippen LogP contribution in [0.4, 0.5) is 0 Å². The van der Waals surface area contributed by atoms with Crippen LogP contribution in [0.1, 0.15) is 0 Å². The van der Waals surface area contributed by atoms with Gasteiger partial charge in [0, 0.05) is 6.20 Å². The molecule has 0 spiro atoms. The third-order valence-electron chi connectivity index (χ3n) is 0.554. The van der Waals surface area contributed by atoms with E-state index in [1.807, 2.05) is 0 Å². The molecule has 0 aromatic heterocycles. The van der Waals surface area contributed by atoms with E-state index in [4.69, 9.17) is 4.74 Å². The minimum Gasteiger partial charge on any atom is -0.474 e. The molecular weight excluding hydrogens is 97.0 g/mol. The Kier molecular flexibility index (Phi) is 0.972. The number of ether oxygens (including phenoxy) is 1. The predicted molar refractivity (Wildman–Crippen MR) is 26.9 cm³/mol. The van der Waals surface area contributed by atoms with Crippen LogP contribution in [-0.4, -0.2) is 5.97 Å². The van der Waals surface area contributed by atoms with Crippen LogP contribution < -0.4 is 5.32 Å². The second-order valence-corrected chi connectivity index (χ2v) is 1.63. The van der Waals surface area contributed by atoms with Gasteiger partial charge in [-0.15, -0.1) is 0 Å². The molecular formula is C3H6NOP. The summed E-state index contributed by atoms with van der Waals surface area (Å²) in [5.41, 5.74) is 0. The Morgan fingerprint density at radius 3 is 2.83 bits per heavy atom. The summed E-state index contributed by atoms with van der Waals surface area (Å²) in [6.45, 7) is 0. The quantitative estimate of drug-likeness (QED) is 0.443. The summed E-state index contributed by atoms with van der Waals surface area (Å²) < 4.78 is 4.82. The number of rotatable bonds is 0. The largest absolute Gasteiger partial charge is 0.474 e. The standard InChI is InChI=1S/C3H6NOP/c6-3-4-1-2-5-3/h1-4H,6H2. The van der Waals surface area contributed by atoms with E-state index in [1.165, 1.54) is 0 Å². The first-order chi connectivity index (χ1) is 2.89. The topological polar surface area (TPSA) is 21.3 Å². The average molecular weight is 103 g/mol. The van der Waals surface area contributed by atoms with Gasteiger partial charge in [0.1, 0.15) is 6.26 Å². The lowest BCUT2D eigenvalue weighted by Gasteiger charge is -1.99. The minimum absolute atomic E-state index is 0.102. The van der Waals surface area contributed by atoms with Gasteiger partial charge >= 0.3 is 0 Å². The molecule has 0 amide bonds. The third kappa shape index (κ3) is 0.631. The molecule has 2 atom stereocenters. The summed E-state index contributed by atoms with van der Waals surface area (Å²) in [6, 6.07) is 0. The van der Waals surface area contributed by atoms with Crippen molar-refractivity contribution in [2.75, 3.05) is 0 Å². The molecule has 0 radical (unpaired) electrons. The van der Waals surface area contributed by atoms with E-state index >= 15 is 0 Å². The van der Waals surface area contributed by atoms with E-state index in [0.29, 0.717) is 0 Å². The fourth-order valence-corrected chi connectivity index (χ4v) is 0.499. The Labute approximate surface area is 38.8 Å². The molecule has 2 nitrogen and oxygen atoms in total. The zero-order valence-electron chi connectivity index (χ0n) is 3.22. The monoisotopic (exact) mass is 103 g/mol. The second kappa shape index (κ2) is 1.48. The van der Waals surface area contributed by atoms with Crippen LogP contribution in [0.25, 0.3) is 0 Å². The molecule has 0 aromatic carbocycles. The summed E-state index contributed by atoms with van der Waals surface area (Å²) >= 11 is 0. The first kappa shape index (κ1) is 3.94. The van der Waals surface area contributed by atoms with Gasteiger partial charge in [-0.1, -0.05) is 9.24 Å². The summed E-state index contributed by atoms with van der Waals surface area (Å²) in [5, 5.41) is 2.88. The Hall–Kier alpha value is -0.230. The zero-order valence-corrected chi connectivity index (χ0v) is 4.37. The molecule has 1 heterocycles. The highest BCUT2D eigenvalue weighted by atomic mass is 31.0. The maximum absolute atomic E-state index is 4.82.